The molecular formula is C20H31N7O2. The van der Waals surface area contributed by atoms with Crippen molar-refractivity contribution in [3.63, 3.8) is 0 Å². The molecule has 0 aliphatic carbocycles. The minimum atomic E-state index is -0.854. The van der Waals surface area contributed by atoms with E-state index in [0.29, 0.717) is 25.6 Å². The Labute approximate surface area is 171 Å². The first-order valence-electron chi connectivity index (χ1n) is 10.0. The topological polar surface area (TPSA) is 99.8 Å². The molecule has 1 aliphatic rings. The van der Waals surface area contributed by atoms with E-state index in [2.05, 4.69) is 30.6 Å². The van der Waals surface area contributed by atoms with E-state index in [1.165, 1.54) is 6.33 Å². The maximum absolute atomic E-state index is 10.7. The van der Waals surface area contributed by atoms with Gasteiger partial charge in [-0.2, -0.15) is 5.10 Å². The van der Waals surface area contributed by atoms with Gasteiger partial charge in [-0.3, -0.25) is 4.90 Å². The first-order chi connectivity index (χ1) is 14.1. The molecule has 3 N–H and O–H groups in total. The molecule has 3 rings (SSSR count). The zero-order chi connectivity index (χ0) is 20.5. The molecular weight excluding hydrogens is 370 g/mol. The molecule has 0 amide bonds. The van der Waals surface area contributed by atoms with Gasteiger partial charge in [0.1, 0.15) is 12.7 Å². The first-order valence-corrected chi connectivity index (χ1v) is 10.0. The number of guanidine groups is 1. The summed E-state index contributed by atoms with van der Waals surface area (Å²) in [6, 6.07) is 8.04. The van der Waals surface area contributed by atoms with E-state index < -0.39 is 5.60 Å². The quantitative estimate of drug-likeness (QED) is 0.435. The number of nitrogens with zero attached hydrogens (tertiary/aromatic N) is 5. The molecule has 1 unspecified atom stereocenters. The Balaban J connectivity index is 1.53. The first kappa shape index (κ1) is 21.2. The minimum Gasteiger partial charge on any atom is -0.387 e. The highest BCUT2D eigenvalue weighted by molar-refractivity contribution is 5.79. The fourth-order valence-electron chi connectivity index (χ4n) is 3.18. The molecule has 1 atom stereocenters. The largest absolute Gasteiger partial charge is 0.387 e. The molecule has 0 bridgehead atoms. The zero-order valence-electron chi connectivity index (χ0n) is 17.2. The number of hydrogen-bond acceptors (Lipinski definition) is 6. The molecule has 1 aliphatic heterocycles. The molecule has 1 saturated heterocycles. The molecule has 0 radical (unpaired) electrons. The maximum atomic E-state index is 10.7. The molecule has 2 aromatic rings. The Morgan fingerprint density at radius 2 is 2.00 bits per heavy atom. The number of β-amino-alcohol motifs (C(OH)–C–C–N with tert-alkyl or cyclic N) is 1. The molecule has 0 spiro atoms. The van der Waals surface area contributed by atoms with Crippen LogP contribution in [-0.4, -0.2) is 82.3 Å². The third-order valence-electron chi connectivity index (χ3n) is 4.69. The fraction of sp³-hybridized carbons (Fsp3) is 0.550. The third kappa shape index (κ3) is 6.81. The van der Waals surface area contributed by atoms with Gasteiger partial charge in [0.2, 0.25) is 0 Å². The lowest BCUT2D eigenvalue weighted by Gasteiger charge is -2.34. The number of benzene rings is 1. The van der Waals surface area contributed by atoms with E-state index in [0.717, 1.165) is 44.1 Å². The lowest BCUT2D eigenvalue weighted by molar-refractivity contribution is -0.0201. The average Bonchev–Trinajstić information content (AvgIpc) is 3.26. The van der Waals surface area contributed by atoms with Gasteiger partial charge >= 0.3 is 0 Å². The highest BCUT2D eigenvalue weighted by Crippen LogP contribution is 2.10. The van der Waals surface area contributed by atoms with Crippen LogP contribution in [0.5, 0.6) is 0 Å². The van der Waals surface area contributed by atoms with Gasteiger partial charge in [-0.15, -0.1) is 0 Å². The number of aromatic nitrogens is 3. The summed E-state index contributed by atoms with van der Waals surface area (Å²) < 4.78 is 7.09. The van der Waals surface area contributed by atoms with Gasteiger partial charge in [0.15, 0.2) is 5.96 Å². The van der Waals surface area contributed by atoms with Crippen molar-refractivity contribution >= 4 is 5.96 Å². The summed E-state index contributed by atoms with van der Waals surface area (Å²) in [5.41, 5.74) is 1.19. The van der Waals surface area contributed by atoms with Crippen molar-refractivity contribution in [3.8, 4) is 5.69 Å². The lowest BCUT2D eigenvalue weighted by Crippen LogP contribution is -2.52. The van der Waals surface area contributed by atoms with E-state index in [-0.39, 0.29) is 0 Å². The zero-order valence-corrected chi connectivity index (χ0v) is 17.2. The highest BCUT2D eigenvalue weighted by Gasteiger charge is 2.25. The summed E-state index contributed by atoms with van der Waals surface area (Å²) >= 11 is 0. The molecule has 29 heavy (non-hydrogen) atoms. The number of rotatable bonds is 8. The van der Waals surface area contributed by atoms with Crippen LogP contribution >= 0.6 is 0 Å². The number of morpholine rings is 1. The Morgan fingerprint density at radius 1 is 1.24 bits per heavy atom. The van der Waals surface area contributed by atoms with Crippen molar-refractivity contribution in [1.82, 2.24) is 30.3 Å². The van der Waals surface area contributed by atoms with Gasteiger partial charge in [-0.05, 0) is 31.5 Å². The molecule has 2 heterocycles. The lowest BCUT2D eigenvalue weighted by atomic mass is 10.1. The second kappa shape index (κ2) is 10.3. The molecule has 9 nitrogen and oxygen atoms in total. The number of hydrogen-bond donors (Lipinski definition) is 3. The van der Waals surface area contributed by atoms with Crippen LogP contribution in [0.1, 0.15) is 19.4 Å². The molecule has 9 heteroatoms. The van der Waals surface area contributed by atoms with Crippen molar-refractivity contribution in [2.75, 3.05) is 45.9 Å². The summed E-state index contributed by atoms with van der Waals surface area (Å²) in [7, 11) is 0. The van der Waals surface area contributed by atoms with Crippen molar-refractivity contribution in [3.05, 3.63) is 42.5 Å². The molecule has 158 valence electrons. The van der Waals surface area contributed by atoms with Gasteiger partial charge in [0.05, 0.1) is 31.0 Å². The standard InChI is InChI=1S/C20H31N7O2/c1-3-22-19(24-13-20(2,28)14-26-8-10-29-11-9-26)23-12-17-4-6-18(7-5-17)27-16-21-15-25-27/h4-7,15-16,28H,3,8-14H2,1-2H3,(H2,22,23,24). The SMILES string of the molecule is CCNC(=NCc1ccc(-n2cncn2)cc1)NCC(C)(O)CN1CCOCC1. The second-order valence-corrected chi connectivity index (χ2v) is 7.44. The summed E-state index contributed by atoms with van der Waals surface area (Å²) in [4.78, 5) is 10.8. The molecule has 1 aromatic heterocycles. The Bertz CT molecular complexity index is 754. The number of aliphatic imine (C=N–C) groups is 1. The average molecular weight is 402 g/mol. The van der Waals surface area contributed by atoms with Gasteiger partial charge < -0.3 is 20.5 Å². The smallest absolute Gasteiger partial charge is 0.191 e. The van der Waals surface area contributed by atoms with Crippen LogP contribution < -0.4 is 10.6 Å². The monoisotopic (exact) mass is 401 g/mol. The predicted octanol–water partition coefficient (Wildman–Crippen LogP) is 0.406. The van der Waals surface area contributed by atoms with E-state index in [9.17, 15) is 5.11 Å². The third-order valence-corrected chi connectivity index (χ3v) is 4.69. The summed E-state index contributed by atoms with van der Waals surface area (Å²) in [5, 5.41) is 21.4. The van der Waals surface area contributed by atoms with Crippen molar-refractivity contribution in [2.45, 2.75) is 26.0 Å². The summed E-state index contributed by atoms with van der Waals surface area (Å²) in [6.07, 6.45) is 3.18. The van der Waals surface area contributed by atoms with Gasteiger partial charge in [0.25, 0.3) is 0 Å². The van der Waals surface area contributed by atoms with Gasteiger partial charge in [-0.25, -0.2) is 14.7 Å². The maximum Gasteiger partial charge on any atom is 0.191 e. The van der Waals surface area contributed by atoms with Gasteiger partial charge in [0, 0.05) is 32.7 Å². The normalized spacial score (nSPS) is 17.7. The van der Waals surface area contributed by atoms with E-state index in [4.69, 9.17) is 4.74 Å². The van der Waals surface area contributed by atoms with Crippen molar-refractivity contribution < 1.29 is 9.84 Å². The van der Waals surface area contributed by atoms with Crippen LogP contribution in [0.2, 0.25) is 0 Å². The molecule has 1 aromatic carbocycles. The van der Waals surface area contributed by atoms with Crippen LogP contribution in [0.4, 0.5) is 0 Å². The van der Waals surface area contributed by atoms with Crippen LogP contribution in [0.3, 0.4) is 0 Å². The van der Waals surface area contributed by atoms with E-state index >= 15 is 0 Å². The van der Waals surface area contributed by atoms with Crippen LogP contribution in [0, 0.1) is 0 Å². The number of ether oxygens (including phenoxy) is 1. The predicted molar refractivity (Wildman–Crippen MR) is 112 cm³/mol. The minimum absolute atomic E-state index is 0.418. The van der Waals surface area contributed by atoms with Crippen molar-refractivity contribution in [2.24, 2.45) is 4.99 Å². The van der Waals surface area contributed by atoms with Crippen molar-refractivity contribution in [1.29, 1.82) is 0 Å². The Morgan fingerprint density at radius 3 is 2.66 bits per heavy atom. The fourth-order valence-corrected chi connectivity index (χ4v) is 3.18. The van der Waals surface area contributed by atoms with E-state index in [1.807, 2.05) is 38.1 Å². The van der Waals surface area contributed by atoms with Crippen LogP contribution in [0.25, 0.3) is 5.69 Å². The number of nitrogens with one attached hydrogen (secondary N) is 2. The van der Waals surface area contributed by atoms with Crippen LogP contribution in [0.15, 0.2) is 41.9 Å². The van der Waals surface area contributed by atoms with Crippen LogP contribution in [-0.2, 0) is 11.3 Å². The van der Waals surface area contributed by atoms with Gasteiger partial charge in [-0.1, -0.05) is 12.1 Å². The second-order valence-electron chi connectivity index (χ2n) is 7.44. The Hall–Kier alpha value is -2.49. The molecule has 0 saturated carbocycles. The van der Waals surface area contributed by atoms with E-state index in [1.54, 1.807) is 11.0 Å². The number of aliphatic hydroxyl groups is 1. The Kier molecular flexibility index (Phi) is 7.56. The summed E-state index contributed by atoms with van der Waals surface area (Å²) in [5.74, 6) is 0.690. The highest BCUT2D eigenvalue weighted by atomic mass is 16.5. The summed E-state index contributed by atoms with van der Waals surface area (Å²) in [6.45, 7) is 9.35. The molecule has 1 fully saturated rings.